The van der Waals surface area contributed by atoms with Gasteiger partial charge in [0.2, 0.25) is 0 Å². The van der Waals surface area contributed by atoms with Crippen molar-refractivity contribution in [3.8, 4) is 0 Å². The number of nitrogens with zero attached hydrogens (tertiary/aromatic N) is 1. The summed E-state index contributed by atoms with van der Waals surface area (Å²) in [5.41, 5.74) is -0.0346. The summed E-state index contributed by atoms with van der Waals surface area (Å²) in [7, 11) is 0. The summed E-state index contributed by atoms with van der Waals surface area (Å²) in [6.07, 6.45) is 0. The fourth-order valence-electron chi connectivity index (χ4n) is 2.29. The van der Waals surface area contributed by atoms with Crippen molar-refractivity contribution in [2.24, 2.45) is 11.8 Å². The molecule has 0 saturated carbocycles. The van der Waals surface area contributed by atoms with Crippen LogP contribution < -0.4 is 0 Å². The van der Waals surface area contributed by atoms with Crippen LogP contribution in [0.5, 0.6) is 0 Å². The molecule has 1 fully saturated rings. The van der Waals surface area contributed by atoms with E-state index in [2.05, 4.69) is 15.9 Å². The molecule has 1 aromatic carbocycles. The lowest BCUT2D eigenvalue weighted by Gasteiger charge is -2.16. The zero-order valence-electron chi connectivity index (χ0n) is 10.3. The van der Waals surface area contributed by atoms with E-state index in [0.717, 1.165) is 0 Å². The molecule has 102 valence electrons. The maximum Gasteiger partial charge on any atom is 0.308 e. The van der Waals surface area contributed by atoms with Crippen LogP contribution in [0.4, 0.5) is 4.39 Å². The summed E-state index contributed by atoms with van der Waals surface area (Å²) in [5.74, 6) is -2.69. The minimum absolute atomic E-state index is 0.0346. The van der Waals surface area contributed by atoms with E-state index in [4.69, 9.17) is 5.11 Å². The van der Waals surface area contributed by atoms with Gasteiger partial charge in [-0.15, -0.1) is 0 Å². The minimum Gasteiger partial charge on any atom is -0.481 e. The Hall–Kier alpha value is -1.43. The second kappa shape index (κ2) is 5.28. The molecule has 2 unspecified atom stereocenters. The van der Waals surface area contributed by atoms with Gasteiger partial charge in [-0.05, 0) is 24.1 Å². The van der Waals surface area contributed by atoms with Gasteiger partial charge in [-0.1, -0.05) is 22.9 Å². The van der Waals surface area contributed by atoms with Crippen molar-refractivity contribution < 1.29 is 19.1 Å². The summed E-state index contributed by atoms with van der Waals surface area (Å²) in [6, 6.07) is 4.14. The lowest BCUT2D eigenvalue weighted by Crippen LogP contribution is -2.30. The van der Waals surface area contributed by atoms with Crippen LogP contribution in [0.15, 0.2) is 22.7 Å². The third-order valence-corrected chi connectivity index (χ3v) is 3.87. The van der Waals surface area contributed by atoms with Gasteiger partial charge in [0.15, 0.2) is 0 Å². The van der Waals surface area contributed by atoms with Gasteiger partial charge < -0.3 is 10.0 Å². The molecule has 1 aliphatic heterocycles. The number of carbonyl (C=O) groups excluding carboxylic acids is 1. The first-order chi connectivity index (χ1) is 8.90. The number of carboxylic acid groups (broad SMARTS) is 1. The molecule has 19 heavy (non-hydrogen) atoms. The molecular weight excluding hydrogens is 317 g/mol. The average molecular weight is 330 g/mol. The molecule has 2 atom stereocenters. The van der Waals surface area contributed by atoms with Crippen LogP contribution >= 0.6 is 15.9 Å². The number of aliphatic carboxylic acids is 1. The van der Waals surface area contributed by atoms with E-state index in [9.17, 15) is 14.0 Å². The summed E-state index contributed by atoms with van der Waals surface area (Å²) < 4.78 is 14.3. The topological polar surface area (TPSA) is 57.6 Å². The number of halogens is 2. The third kappa shape index (κ3) is 2.78. The fourth-order valence-corrected chi connectivity index (χ4v) is 2.65. The first-order valence-corrected chi connectivity index (χ1v) is 6.66. The van der Waals surface area contributed by atoms with Gasteiger partial charge in [0.25, 0.3) is 5.91 Å². The molecule has 1 aliphatic rings. The molecule has 0 spiro atoms. The number of amides is 1. The molecule has 1 N–H and O–H groups in total. The average Bonchev–Trinajstić information content (AvgIpc) is 2.74. The lowest BCUT2D eigenvalue weighted by atomic mass is 9.99. The molecule has 1 amide bonds. The van der Waals surface area contributed by atoms with Crippen LogP contribution in [0.2, 0.25) is 0 Å². The second-order valence-corrected chi connectivity index (χ2v) is 5.67. The third-order valence-electron chi connectivity index (χ3n) is 3.38. The van der Waals surface area contributed by atoms with Crippen molar-refractivity contribution in [3.63, 3.8) is 0 Å². The zero-order chi connectivity index (χ0) is 14.2. The van der Waals surface area contributed by atoms with Crippen LogP contribution in [0.25, 0.3) is 0 Å². The van der Waals surface area contributed by atoms with Gasteiger partial charge in [-0.3, -0.25) is 9.59 Å². The highest BCUT2D eigenvalue weighted by Gasteiger charge is 2.37. The lowest BCUT2D eigenvalue weighted by molar-refractivity contribution is -0.142. The highest BCUT2D eigenvalue weighted by molar-refractivity contribution is 9.10. The highest BCUT2D eigenvalue weighted by atomic mass is 79.9. The van der Waals surface area contributed by atoms with Crippen LogP contribution in [-0.2, 0) is 4.79 Å². The first-order valence-electron chi connectivity index (χ1n) is 5.87. The Labute approximate surface area is 118 Å². The molecule has 4 nitrogen and oxygen atoms in total. The number of carboxylic acids is 1. The molecule has 0 aromatic heterocycles. The van der Waals surface area contributed by atoms with Crippen molar-refractivity contribution in [3.05, 3.63) is 34.1 Å². The Bertz CT molecular complexity index is 535. The van der Waals surface area contributed by atoms with Crippen LogP contribution in [0.1, 0.15) is 17.3 Å². The number of hydrogen-bond donors (Lipinski definition) is 1. The van der Waals surface area contributed by atoms with Gasteiger partial charge in [-0.25, -0.2) is 4.39 Å². The molecule has 0 bridgehead atoms. The van der Waals surface area contributed by atoms with Gasteiger partial charge in [-0.2, -0.15) is 0 Å². The number of likely N-dealkylation sites (tertiary alicyclic amines) is 1. The van der Waals surface area contributed by atoms with Crippen molar-refractivity contribution in [2.75, 3.05) is 13.1 Å². The predicted molar refractivity (Wildman–Crippen MR) is 70.3 cm³/mol. The Balaban J connectivity index is 2.22. The van der Waals surface area contributed by atoms with E-state index in [0.29, 0.717) is 11.0 Å². The standard InChI is InChI=1S/C13H13BrFNO3/c1-7-5-16(6-10(7)13(18)19)12(17)9-4-8(14)2-3-11(9)15/h2-4,7,10H,5-6H2,1H3,(H,18,19). The second-order valence-electron chi connectivity index (χ2n) is 4.76. The van der Waals surface area contributed by atoms with E-state index in [1.165, 1.54) is 23.1 Å². The quantitative estimate of drug-likeness (QED) is 0.906. The Morgan fingerprint density at radius 1 is 1.42 bits per heavy atom. The van der Waals surface area contributed by atoms with Gasteiger partial charge in [0.05, 0.1) is 11.5 Å². The predicted octanol–water partition coefficient (Wildman–Crippen LogP) is 2.38. The Morgan fingerprint density at radius 3 is 2.68 bits per heavy atom. The first kappa shape index (κ1) is 14.0. The van der Waals surface area contributed by atoms with Crippen molar-refractivity contribution in [1.29, 1.82) is 0 Å². The number of hydrogen-bond acceptors (Lipinski definition) is 2. The van der Waals surface area contributed by atoms with Gasteiger partial charge in [0, 0.05) is 17.6 Å². The fraction of sp³-hybridized carbons (Fsp3) is 0.385. The summed E-state index contributed by atoms with van der Waals surface area (Å²) in [4.78, 5) is 24.6. The highest BCUT2D eigenvalue weighted by Crippen LogP contribution is 2.26. The largest absolute Gasteiger partial charge is 0.481 e. The molecule has 1 saturated heterocycles. The van der Waals surface area contributed by atoms with Gasteiger partial charge >= 0.3 is 5.97 Å². The van der Waals surface area contributed by atoms with Crippen molar-refractivity contribution >= 4 is 27.8 Å². The maximum atomic E-state index is 13.6. The van der Waals surface area contributed by atoms with E-state index in [1.54, 1.807) is 6.92 Å². The maximum absolute atomic E-state index is 13.6. The van der Waals surface area contributed by atoms with E-state index >= 15 is 0 Å². The van der Waals surface area contributed by atoms with Crippen LogP contribution in [-0.4, -0.2) is 35.0 Å². The van der Waals surface area contributed by atoms with Crippen LogP contribution in [0, 0.1) is 17.7 Å². The summed E-state index contributed by atoms with van der Waals surface area (Å²) >= 11 is 3.19. The number of rotatable bonds is 2. The molecule has 0 aliphatic carbocycles. The molecule has 0 radical (unpaired) electrons. The monoisotopic (exact) mass is 329 g/mol. The Morgan fingerprint density at radius 2 is 2.11 bits per heavy atom. The van der Waals surface area contributed by atoms with Crippen LogP contribution in [0.3, 0.4) is 0 Å². The SMILES string of the molecule is CC1CN(C(=O)c2cc(Br)ccc2F)CC1C(=O)O. The number of benzene rings is 1. The normalized spacial score (nSPS) is 22.6. The van der Waals surface area contributed by atoms with E-state index in [1.807, 2.05) is 0 Å². The molecule has 2 rings (SSSR count). The molecule has 6 heteroatoms. The van der Waals surface area contributed by atoms with E-state index in [-0.39, 0.29) is 18.0 Å². The minimum atomic E-state index is -0.919. The molecular formula is C13H13BrFNO3. The zero-order valence-corrected chi connectivity index (χ0v) is 11.9. The van der Waals surface area contributed by atoms with E-state index < -0.39 is 23.6 Å². The Kier molecular flexibility index (Phi) is 3.89. The summed E-state index contributed by atoms with van der Waals surface area (Å²) in [6.45, 7) is 2.24. The molecule has 1 aromatic rings. The van der Waals surface area contributed by atoms with Gasteiger partial charge in [0.1, 0.15) is 5.82 Å². The van der Waals surface area contributed by atoms with Crippen molar-refractivity contribution in [2.45, 2.75) is 6.92 Å². The number of carbonyl (C=O) groups is 2. The smallest absolute Gasteiger partial charge is 0.308 e. The molecule has 1 heterocycles. The summed E-state index contributed by atoms with van der Waals surface area (Å²) in [5, 5.41) is 9.03. The van der Waals surface area contributed by atoms with Crippen molar-refractivity contribution in [1.82, 2.24) is 4.90 Å².